The zero-order valence-electron chi connectivity index (χ0n) is 10.2. The maximum Gasteiger partial charge on any atom is 0.336 e. The van der Waals surface area contributed by atoms with E-state index in [-0.39, 0.29) is 5.56 Å². The molecule has 0 saturated heterocycles. The van der Waals surface area contributed by atoms with Crippen molar-refractivity contribution in [3.63, 3.8) is 0 Å². The lowest BCUT2D eigenvalue weighted by Gasteiger charge is -2.11. The van der Waals surface area contributed by atoms with Gasteiger partial charge < -0.3 is 5.11 Å². The SMILES string of the molecule is CCCC(C)CS(=O)c1ccccc1C(=O)O. The molecular formula is C13H18O3S. The monoisotopic (exact) mass is 254 g/mol. The average Bonchev–Trinajstić information content (AvgIpc) is 2.29. The molecule has 0 heterocycles. The molecule has 0 radical (unpaired) electrons. The number of carbonyl (C=O) groups is 1. The molecule has 0 aromatic heterocycles. The van der Waals surface area contributed by atoms with E-state index in [4.69, 9.17) is 5.11 Å². The molecule has 0 amide bonds. The molecule has 94 valence electrons. The number of hydrogen-bond acceptors (Lipinski definition) is 2. The van der Waals surface area contributed by atoms with Gasteiger partial charge in [-0.25, -0.2) is 4.79 Å². The Bertz CT molecular complexity index is 415. The molecule has 0 saturated carbocycles. The molecule has 2 atom stereocenters. The minimum Gasteiger partial charge on any atom is -0.478 e. The fourth-order valence-corrected chi connectivity index (χ4v) is 3.26. The molecule has 0 aliphatic carbocycles. The highest BCUT2D eigenvalue weighted by Crippen LogP contribution is 2.17. The first-order chi connectivity index (χ1) is 8.06. The van der Waals surface area contributed by atoms with Gasteiger partial charge in [-0.05, 0) is 18.1 Å². The Hall–Kier alpha value is -1.16. The molecule has 0 bridgehead atoms. The van der Waals surface area contributed by atoms with Gasteiger partial charge in [0.15, 0.2) is 0 Å². The molecule has 2 unspecified atom stereocenters. The van der Waals surface area contributed by atoms with Crippen LogP contribution in [0.5, 0.6) is 0 Å². The van der Waals surface area contributed by atoms with Gasteiger partial charge in [0.25, 0.3) is 0 Å². The number of carboxylic acids is 1. The van der Waals surface area contributed by atoms with Crippen molar-refractivity contribution in [3.8, 4) is 0 Å². The first-order valence-electron chi connectivity index (χ1n) is 5.77. The lowest BCUT2D eigenvalue weighted by Crippen LogP contribution is -2.11. The Labute approximate surface area is 104 Å². The molecule has 0 aliphatic heterocycles. The van der Waals surface area contributed by atoms with E-state index in [0.29, 0.717) is 16.6 Å². The minimum absolute atomic E-state index is 0.148. The predicted octanol–water partition coefficient (Wildman–Crippen LogP) is 2.93. The Morgan fingerprint density at radius 2 is 2.06 bits per heavy atom. The Kier molecular flexibility index (Phi) is 5.35. The maximum atomic E-state index is 12.1. The van der Waals surface area contributed by atoms with Crippen molar-refractivity contribution >= 4 is 16.8 Å². The van der Waals surface area contributed by atoms with Crippen LogP contribution in [0.15, 0.2) is 29.2 Å². The molecule has 1 N–H and O–H groups in total. The summed E-state index contributed by atoms with van der Waals surface area (Å²) in [4.78, 5) is 11.4. The van der Waals surface area contributed by atoms with Crippen LogP contribution in [-0.4, -0.2) is 21.0 Å². The van der Waals surface area contributed by atoms with E-state index >= 15 is 0 Å². The van der Waals surface area contributed by atoms with Gasteiger partial charge in [0.2, 0.25) is 0 Å². The van der Waals surface area contributed by atoms with Gasteiger partial charge in [0.1, 0.15) is 0 Å². The summed E-state index contributed by atoms with van der Waals surface area (Å²) < 4.78 is 12.1. The van der Waals surface area contributed by atoms with Crippen molar-refractivity contribution < 1.29 is 14.1 Å². The van der Waals surface area contributed by atoms with Crippen LogP contribution in [0.25, 0.3) is 0 Å². The van der Waals surface area contributed by atoms with Crippen molar-refractivity contribution in [3.05, 3.63) is 29.8 Å². The smallest absolute Gasteiger partial charge is 0.336 e. The quantitative estimate of drug-likeness (QED) is 0.849. The van der Waals surface area contributed by atoms with Crippen LogP contribution < -0.4 is 0 Å². The molecule has 3 nitrogen and oxygen atoms in total. The van der Waals surface area contributed by atoms with Crippen LogP contribution in [-0.2, 0) is 10.8 Å². The number of hydrogen-bond donors (Lipinski definition) is 1. The third-order valence-corrected chi connectivity index (χ3v) is 4.30. The number of carboxylic acid groups (broad SMARTS) is 1. The van der Waals surface area contributed by atoms with Gasteiger partial charge in [0, 0.05) is 5.75 Å². The standard InChI is InChI=1S/C13H18O3S/c1-3-6-10(2)9-17(16)12-8-5-4-7-11(12)13(14)15/h4-5,7-8,10H,3,6,9H2,1-2H3,(H,14,15). The van der Waals surface area contributed by atoms with Crippen LogP contribution in [0, 0.1) is 5.92 Å². The summed E-state index contributed by atoms with van der Waals surface area (Å²) in [5, 5.41) is 9.02. The molecule has 17 heavy (non-hydrogen) atoms. The summed E-state index contributed by atoms with van der Waals surface area (Å²) in [6, 6.07) is 6.52. The fourth-order valence-electron chi connectivity index (χ4n) is 1.77. The second-order valence-electron chi connectivity index (χ2n) is 4.21. The second-order valence-corrected chi connectivity index (χ2v) is 5.67. The largest absolute Gasteiger partial charge is 0.478 e. The van der Waals surface area contributed by atoms with Gasteiger partial charge >= 0.3 is 5.97 Å². The summed E-state index contributed by atoms with van der Waals surface area (Å²) >= 11 is 0. The first kappa shape index (κ1) is 13.9. The topological polar surface area (TPSA) is 54.4 Å². The van der Waals surface area contributed by atoms with Crippen LogP contribution in [0.3, 0.4) is 0 Å². The first-order valence-corrected chi connectivity index (χ1v) is 7.08. The summed E-state index contributed by atoms with van der Waals surface area (Å²) in [7, 11) is -1.23. The zero-order chi connectivity index (χ0) is 12.8. The lowest BCUT2D eigenvalue weighted by atomic mass is 10.1. The molecule has 4 heteroatoms. The second kappa shape index (κ2) is 6.55. The summed E-state index contributed by atoms with van der Waals surface area (Å²) in [6.45, 7) is 4.13. The number of aromatic carboxylic acids is 1. The molecule has 0 aliphatic rings. The highest BCUT2D eigenvalue weighted by molar-refractivity contribution is 7.85. The van der Waals surface area contributed by atoms with Crippen LogP contribution in [0.1, 0.15) is 37.0 Å². The van der Waals surface area contributed by atoms with Gasteiger partial charge in [0.05, 0.1) is 21.3 Å². The van der Waals surface area contributed by atoms with Gasteiger partial charge in [-0.3, -0.25) is 4.21 Å². The van der Waals surface area contributed by atoms with E-state index in [0.717, 1.165) is 12.8 Å². The fraction of sp³-hybridized carbons (Fsp3) is 0.462. The maximum absolute atomic E-state index is 12.1. The van der Waals surface area contributed by atoms with Crippen molar-refractivity contribution in [2.75, 3.05) is 5.75 Å². The van der Waals surface area contributed by atoms with E-state index in [1.54, 1.807) is 18.2 Å². The van der Waals surface area contributed by atoms with Crippen molar-refractivity contribution in [1.82, 2.24) is 0 Å². The summed E-state index contributed by atoms with van der Waals surface area (Å²) in [5.74, 6) is -0.141. The highest BCUT2D eigenvalue weighted by Gasteiger charge is 2.16. The normalized spacial score (nSPS) is 14.2. The van der Waals surface area contributed by atoms with E-state index in [9.17, 15) is 9.00 Å². The lowest BCUT2D eigenvalue weighted by molar-refractivity contribution is 0.0693. The molecular weight excluding hydrogens is 236 g/mol. The van der Waals surface area contributed by atoms with Gasteiger partial charge in [-0.2, -0.15) is 0 Å². The van der Waals surface area contributed by atoms with Crippen LogP contribution >= 0.6 is 0 Å². The molecule has 0 fully saturated rings. The van der Waals surface area contributed by atoms with Crippen LogP contribution in [0.2, 0.25) is 0 Å². The highest BCUT2D eigenvalue weighted by atomic mass is 32.2. The Balaban J connectivity index is 2.85. The number of rotatable bonds is 6. The average molecular weight is 254 g/mol. The summed E-state index contributed by atoms with van der Waals surface area (Å²) in [6.07, 6.45) is 2.07. The van der Waals surface area contributed by atoms with Crippen molar-refractivity contribution in [2.45, 2.75) is 31.6 Å². The summed E-state index contributed by atoms with van der Waals surface area (Å²) in [5.41, 5.74) is 0.148. The van der Waals surface area contributed by atoms with Gasteiger partial charge in [-0.15, -0.1) is 0 Å². The Morgan fingerprint density at radius 1 is 1.41 bits per heavy atom. The van der Waals surface area contributed by atoms with E-state index in [1.807, 2.05) is 6.92 Å². The zero-order valence-corrected chi connectivity index (χ0v) is 11.0. The third-order valence-electron chi connectivity index (χ3n) is 2.58. The molecule has 0 spiro atoms. The van der Waals surface area contributed by atoms with Gasteiger partial charge in [-0.1, -0.05) is 38.8 Å². The van der Waals surface area contributed by atoms with E-state index < -0.39 is 16.8 Å². The van der Waals surface area contributed by atoms with Crippen molar-refractivity contribution in [1.29, 1.82) is 0 Å². The Morgan fingerprint density at radius 3 is 2.65 bits per heavy atom. The van der Waals surface area contributed by atoms with Crippen molar-refractivity contribution in [2.24, 2.45) is 5.92 Å². The molecule has 1 rings (SSSR count). The third kappa shape index (κ3) is 3.97. The van der Waals surface area contributed by atoms with E-state index in [2.05, 4.69) is 6.92 Å². The molecule has 1 aromatic carbocycles. The van der Waals surface area contributed by atoms with E-state index in [1.165, 1.54) is 6.07 Å². The van der Waals surface area contributed by atoms with Crippen LogP contribution in [0.4, 0.5) is 0 Å². The molecule has 1 aromatic rings. The minimum atomic E-state index is -1.23. The predicted molar refractivity (Wildman–Crippen MR) is 68.7 cm³/mol. The number of benzene rings is 1.